The van der Waals surface area contributed by atoms with E-state index in [4.69, 9.17) is 69.5 Å². The molecular formula is C37H34Cl5N7O4S2. The molecule has 18 heteroatoms. The van der Waals surface area contributed by atoms with Crippen LogP contribution >= 0.6 is 58.0 Å². The van der Waals surface area contributed by atoms with E-state index in [0.717, 1.165) is 11.1 Å². The van der Waals surface area contributed by atoms with Crippen LogP contribution in [0.3, 0.4) is 0 Å². The molecule has 4 aromatic carbocycles. The van der Waals surface area contributed by atoms with E-state index in [1.807, 2.05) is 12.1 Å². The first kappa shape index (κ1) is 42.4. The average Bonchev–Trinajstić information content (AvgIpc) is 3.15. The summed E-state index contributed by atoms with van der Waals surface area (Å²) in [5.41, 5.74) is 12.5. The molecule has 55 heavy (non-hydrogen) atoms. The van der Waals surface area contributed by atoms with Crippen LogP contribution in [0.4, 0.5) is 5.82 Å². The van der Waals surface area contributed by atoms with E-state index >= 15 is 0 Å². The van der Waals surface area contributed by atoms with Crippen molar-refractivity contribution < 1.29 is 16.8 Å². The summed E-state index contributed by atoms with van der Waals surface area (Å²) in [6.07, 6.45) is 2.86. The molecule has 0 saturated carbocycles. The average molecular weight is 882 g/mol. The fraction of sp³-hybridized carbons (Fsp3) is 0.162. The Kier molecular flexibility index (Phi) is 13.9. The topological polar surface area (TPSA) is 165 Å². The summed E-state index contributed by atoms with van der Waals surface area (Å²) in [4.78, 5) is 12.3. The Bertz CT molecular complexity index is 2630. The number of nitrogens with two attached hydrogens (primary N) is 2. The number of guanidine groups is 1. The molecule has 0 radical (unpaired) electrons. The van der Waals surface area contributed by atoms with E-state index < -0.39 is 20.0 Å². The highest BCUT2D eigenvalue weighted by Gasteiger charge is 2.26. The molecule has 0 unspecified atom stereocenters. The van der Waals surface area contributed by atoms with E-state index in [0.29, 0.717) is 48.2 Å². The highest BCUT2D eigenvalue weighted by atomic mass is 35.5. The predicted octanol–water partition coefficient (Wildman–Crippen LogP) is 9.06. The monoisotopic (exact) mass is 879 g/mol. The van der Waals surface area contributed by atoms with Crippen LogP contribution in [-0.4, -0.2) is 54.5 Å². The van der Waals surface area contributed by atoms with Gasteiger partial charge >= 0.3 is 0 Å². The van der Waals surface area contributed by atoms with Crippen LogP contribution in [0.1, 0.15) is 25.0 Å². The second-order valence-corrected chi connectivity index (χ2v) is 17.8. The maximum atomic E-state index is 13.3. The summed E-state index contributed by atoms with van der Waals surface area (Å²) in [6.45, 7) is 4.56. The van der Waals surface area contributed by atoms with Crippen molar-refractivity contribution in [3.8, 4) is 0 Å². The smallest absolute Gasteiger partial charge is 0.243 e. The van der Waals surface area contributed by atoms with Gasteiger partial charge in [-0.05, 0) is 59.7 Å². The minimum absolute atomic E-state index is 0.0880. The molecule has 0 amide bonds. The van der Waals surface area contributed by atoms with Gasteiger partial charge in [0.05, 0.1) is 19.8 Å². The van der Waals surface area contributed by atoms with Crippen LogP contribution in [0.2, 0.25) is 25.2 Å². The molecule has 2 aromatic heterocycles. The minimum Gasteiger partial charge on any atom is -0.370 e. The molecular weight excluding hydrogens is 848 g/mol. The van der Waals surface area contributed by atoms with Gasteiger partial charge in [-0.25, -0.2) is 26.8 Å². The molecule has 6 rings (SSSR count). The first-order valence-corrected chi connectivity index (χ1v) is 21.2. The standard InChI is InChI=1S/C19H19Cl2N5O2S.C18H15Cl3N2O2S/c1-2-26(11-12-4-3-5-13(20)8-12)29(27,28)14-6-7-15-16(9-14)18(25-19(22)23)24-10-17(15)21;1-2-23(11-12-4-3-5-13(19)8-12)26(24,25)14-6-7-15-16(9-14)18(21)22-10-17(15)20/h3-10H,2,11H2,1H3,(H4,22,23,24,25);3-10H,2,11H2,1H3. The summed E-state index contributed by atoms with van der Waals surface area (Å²) in [5.74, 6) is 0.00450. The molecule has 0 aliphatic carbocycles. The van der Waals surface area contributed by atoms with E-state index in [-0.39, 0.29) is 46.4 Å². The van der Waals surface area contributed by atoms with Crippen molar-refractivity contribution in [2.75, 3.05) is 13.1 Å². The van der Waals surface area contributed by atoms with Gasteiger partial charge < -0.3 is 11.5 Å². The van der Waals surface area contributed by atoms with Crippen LogP contribution < -0.4 is 11.5 Å². The van der Waals surface area contributed by atoms with Crippen molar-refractivity contribution in [1.29, 1.82) is 0 Å². The van der Waals surface area contributed by atoms with Gasteiger partial charge in [-0.1, -0.05) is 108 Å². The largest absolute Gasteiger partial charge is 0.370 e. The zero-order valence-electron chi connectivity index (χ0n) is 29.3. The molecule has 288 valence electrons. The number of benzene rings is 4. The Labute approximate surface area is 344 Å². The van der Waals surface area contributed by atoms with Crippen molar-refractivity contribution in [1.82, 2.24) is 18.6 Å². The van der Waals surface area contributed by atoms with Crippen molar-refractivity contribution in [2.45, 2.75) is 36.7 Å². The quantitative estimate of drug-likeness (QED) is 0.0739. The first-order valence-electron chi connectivity index (χ1n) is 16.5. The number of halogens is 5. The van der Waals surface area contributed by atoms with Crippen molar-refractivity contribution in [3.63, 3.8) is 0 Å². The minimum atomic E-state index is -3.80. The highest BCUT2D eigenvalue weighted by Crippen LogP contribution is 2.33. The normalized spacial score (nSPS) is 11.9. The van der Waals surface area contributed by atoms with E-state index in [9.17, 15) is 16.8 Å². The van der Waals surface area contributed by atoms with Gasteiger partial charge in [0.15, 0.2) is 11.8 Å². The van der Waals surface area contributed by atoms with Crippen molar-refractivity contribution in [3.05, 3.63) is 134 Å². The predicted molar refractivity (Wildman–Crippen MR) is 223 cm³/mol. The third kappa shape index (κ3) is 9.98. The fourth-order valence-corrected chi connectivity index (χ4v) is 9.56. The summed E-state index contributed by atoms with van der Waals surface area (Å²) in [6, 6.07) is 23.5. The third-order valence-electron chi connectivity index (χ3n) is 8.26. The zero-order valence-corrected chi connectivity index (χ0v) is 34.7. The number of aliphatic imine (C=N–C) groups is 1. The highest BCUT2D eigenvalue weighted by molar-refractivity contribution is 7.89. The fourth-order valence-electron chi connectivity index (χ4n) is 5.57. The number of rotatable bonds is 11. The summed E-state index contributed by atoms with van der Waals surface area (Å²) < 4.78 is 55.5. The van der Waals surface area contributed by atoms with Crippen molar-refractivity contribution >= 4 is 111 Å². The number of pyridine rings is 2. The van der Waals surface area contributed by atoms with Gasteiger partial charge in [-0.15, -0.1) is 0 Å². The summed E-state index contributed by atoms with van der Waals surface area (Å²) >= 11 is 30.5. The third-order valence-corrected chi connectivity index (χ3v) is 13.5. The van der Waals surface area contributed by atoms with E-state index in [1.54, 1.807) is 62.4 Å². The van der Waals surface area contributed by atoms with Crippen molar-refractivity contribution in [2.24, 2.45) is 16.5 Å². The molecule has 2 heterocycles. The molecule has 11 nitrogen and oxygen atoms in total. The summed E-state index contributed by atoms with van der Waals surface area (Å²) in [5, 5.41) is 4.29. The number of hydrogen-bond acceptors (Lipinski definition) is 7. The molecule has 0 atom stereocenters. The lowest BCUT2D eigenvalue weighted by molar-refractivity contribution is 0.423. The number of aromatic nitrogens is 2. The Morgan fingerprint density at radius 1 is 0.618 bits per heavy atom. The zero-order chi connectivity index (χ0) is 40.1. The van der Waals surface area contributed by atoms with Gasteiger partial charge in [-0.2, -0.15) is 13.6 Å². The second-order valence-electron chi connectivity index (χ2n) is 11.9. The molecule has 6 aromatic rings. The lowest BCUT2D eigenvalue weighted by Gasteiger charge is -2.21. The number of sulfonamides is 2. The molecule has 0 saturated heterocycles. The van der Waals surface area contributed by atoms with Crippen LogP contribution in [-0.2, 0) is 33.1 Å². The number of hydrogen-bond donors (Lipinski definition) is 2. The van der Waals surface area contributed by atoms with Gasteiger partial charge in [0.1, 0.15) is 5.15 Å². The van der Waals surface area contributed by atoms with Crippen LogP contribution in [0, 0.1) is 0 Å². The van der Waals surface area contributed by atoms with Gasteiger partial charge in [0, 0.05) is 70.2 Å². The molecule has 0 aliphatic heterocycles. The first-order chi connectivity index (χ1) is 26.0. The molecule has 0 spiro atoms. The SMILES string of the molecule is CCN(Cc1cccc(Cl)c1)S(=O)(=O)c1ccc2c(Cl)cnc(Cl)c2c1.CCN(Cc1cccc(Cl)c1)S(=O)(=O)c1ccc2c(Cl)cnc(N=C(N)N)c2c1. The Morgan fingerprint density at radius 3 is 1.53 bits per heavy atom. The van der Waals surface area contributed by atoms with E-state index in [1.165, 1.54) is 45.3 Å². The molecule has 4 N–H and O–H groups in total. The Morgan fingerprint density at radius 2 is 1.07 bits per heavy atom. The maximum Gasteiger partial charge on any atom is 0.243 e. The number of fused-ring (bicyclic) bond motifs is 2. The maximum absolute atomic E-state index is 13.3. The summed E-state index contributed by atoms with van der Waals surface area (Å²) in [7, 11) is -7.53. The second kappa shape index (κ2) is 18.0. The molecule has 0 bridgehead atoms. The Balaban J connectivity index is 0.000000212. The van der Waals surface area contributed by atoms with Crippen LogP contribution in [0.5, 0.6) is 0 Å². The lowest BCUT2D eigenvalue weighted by Crippen LogP contribution is -2.30. The van der Waals surface area contributed by atoms with Gasteiger partial charge in [0.2, 0.25) is 20.0 Å². The van der Waals surface area contributed by atoms with E-state index in [2.05, 4.69) is 15.0 Å². The van der Waals surface area contributed by atoms with Gasteiger partial charge in [0.25, 0.3) is 0 Å². The Hall–Kier alpha value is -3.76. The molecule has 0 aliphatic rings. The lowest BCUT2D eigenvalue weighted by atomic mass is 10.1. The van der Waals surface area contributed by atoms with Crippen LogP contribution in [0.25, 0.3) is 21.5 Å². The van der Waals surface area contributed by atoms with Gasteiger partial charge in [-0.3, -0.25) is 0 Å². The van der Waals surface area contributed by atoms with Crippen LogP contribution in [0.15, 0.2) is 112 Å². The number of nitrogens with zero attached hydrogens (tertiary/aromatic N) is 5. The molecule has 0 fully saturated rings.